The van der Waals surface area contributed by atoms with Crippen molar-refractivity contribution in [1.82, 2.24) is 9.21 Å². The number of nitrogens with one attached hydrogen (secondary N) is 1. The standard InChI is InChI=1S/C24H31N3O4S/c1-17(2)20-7-11-23(12-8-20)32(30,31)27-15-13-26(14-16-27)18(3)24(29)25-22-9-5-21(6-10-22)19(4)28/h5-12,17-18H,13-16H2,1-4H3,(H,25,29)/t18-/m1/s1. The SMILES string of the molecule is CC(=O)c1ccc(NC(=O)[C@@H](C)N2CCN(S(=O)(=O)c3ccc(C(C)C)cc3)CC2)cc1. The molecule has 1 aliphatic heterocycles. The van der Waals surface area contributed by atoms with Crippen LogP contribution in [0.1, 0.15) is 49.5 Å². The smallest absolute Gasteiger partial charge is 0.243 e. The van der Waals surface area contributed by atoms with Crippen LogP contribution in [0.3, 0.4) is 0 Å². The van der Waals surface area contributed by atoms with E-state index in [9.17, 15) is 18.0 Å². The van der Waals surface area contributed by atoms with Crippen LogP contribution in [0, 0.1) is 0 Å². The Morgan fingerprint density at radius 2 is 1.44 bits per heavy atom. The molecular weight excluding hydrogens is 426 g/mol. The first-order chi connectivity index (χ1) is 15.1. The van der Waals surface area contributed by atoms with Crippen molar-refractivity contribution in [2.24, 2.45) is 0 Å². The van der Waals surface area contributed by atoms with E-state index in [1.807, 2.05) is 24.0 Å². The first kappa shape index (κ1) is 24.1. The number of nitrogens with zero attached hydrogens (tertiary/aromatic N) is 2. The van der Waals surface area contributed by atoms with E-state index in [-0.39, 0.29) is 11.7 Å². The van der Waals surface area contributed by atoms with Crippen molar-refractivity contribution < 1.29 is 18.0 Å². The van der Waals surface area contributed by atoms with E-state index >= 15 is 0 Å². The topological polar surface area (TPSA) is 86.8 Å². The van der Waals surface area contributed by atoms with Crippen LogP contribution < -0.4 is 5.32 Å². The molecule has 1 fully saturated rings. The molecule has 0 saturated carbocycles. The highest BCUT2D eigenvalue weighted by Gasteiger charge is 2.31. The molecular formula is C24H31N3O4S. The van der Waals surface area contributed by atoms with Gasteiger partial charge in [0.1, 0.15) is 0 Å². The van der Waals surface area contributed by atoms with E-state index in [0.29, 0.717) is 48.2 Å². The average molecular weight is 458 g/mol. The van der Waals surface area contributed by atoms with Crippen molar-refractivity contribution >= 4 is 27.4 Å². The van der Waals surface area contributed by atoms with Gasteiger partial charge in [-0.2, -0.15) is 4.31 Å². The van der Waals surface area contributed by atoms with Crippen LogP contribution in [0.25, 0.3) is 0 Å². The number of ketones is 1. The van der Waals surface area contributed by atoms with E-state index in [1.54, 1.807) is 36.4 Å². The number of benzene rings is 2. The molecule has 1 aliphatic rings. The number of carbonyl (C=O) groups is 2. The van der Waals surface area contributed by atoms with Gasteiger partial charge in [0.15, 0.2) is 5.78 Å². The molecule has 32 heavy (non-hydrogen) atoms. The van der Waals surface area contributed by atoms with Crippen LogP contribution in [0.15, 0.2) is 53.4 Å². The zero-order valence-corrected chi connectivity index (χ0v) is 19.9. The van der Waals surface area contributed by atoms with Crippen LogP contribution >= 0.6 is 0 Å². The maximum atomic E-state index is 13.0. The van der Waals surface area contributed by atoms with E-state index in [0.717, 1.165) is 5.56 Å². The quantitative estimate of drug-likeness (QED) is 0.645. The molecule has 1 heterocycles. The van der Waals surface area contributed by atoms with Gasteiger partial charge in [-0.1, -0.05) is 26.0 Å². The molecule has 2 aromatic rings. The third-order valence-electron chi connectivity index (χ3n) is 5.94. The normalized spacial score (nSPS) is 16.7. The monoisotopic (exact) mass is 457 g/mol. The van der Waals surface area contributed by atoms with Gasteiger partial charge in [0, 0.05) is 37.4 Å². The fourth-order valence-electron chi connectivity index (χ4n) is 3.71. The highest BCUT2D eigenvalue weighted by atomic mass is 32.2. The van der Waals surface area contributed by atoms with Gasteiger partial charge in [0.2, 0.25) is 15.9 Å². The van der Waals surface area contributed by atoms with Gasteiger partial charge in [0.05, 0.1) is 10.9 Å². The number of amides is 1. The molecule has 0 radical (unpaired) electrons. The maximum absolute atomic E-state index is 13.0. The number of anilines is 1. The highest BCUT2D eigenvalue weighted by molar-refractivity contribution is 7.89. The molecule has 3 rings (SSSR count). The molecule has 1 amide bonds. The summed E-state index contributed by atoms with van der Waals surface area (Å²) in [6.07, 6.45) is 0. The molecule has 172 valence electrons. The second kappa shape index (κ2) is 9.94. The Morgan fingerprint density at radius 1 is 0.875 bits per heavy atom. The van der Waals surface area contributed by atoms with E-state index < -0.39 is 16.1 Å². The Bertz CT molecular complexity index is 1060. The molecule has 7 nitrogen and oxygen atoms in total. The van der Waals surface area contributed by atoms with Gasteiger partial charge in [-0.3, -0.25) is 14.5 Å². The zero-order chi connectivity index (χ0) is 23.5. The second-order valence-electron chi connectivity index (χ2n) is 8.46. The lowest BCUT2D eigenvalue weighted by atomic mass is 10.0. The molecule has 0 spiro atoms. The van der Waals surface area contributed by atoms with E-state index in [4.69, 9.17) is 0 Å². The number of piperazine rings is 1. The Balaban J connectivity index is 1.58. The summed E-state index contributed by atoms with van der Waals surface area (Å²) in [6, 6.07) is 13.4. The highest BCUT2D eigenvalue weighted by Crippen LogP contribution is 2.22. The van der Waals surface area contributed by atoms with Crippen LogP contribution in [-0.4, -0.2) is 61.5 Å². The van der Waals surface area contributed by atoms with Crippen LogP contribution in [0.5, 0.6) is 0 Å². The van der Waals surface area contributed by atoms with Crippen molar-refractivity contribution in [1.29, 1.82) is 0 Å². The fraction of sp³-hybridized carbons (Fsp3) is 0.417. The summed E-state index contributed by atoms with van der Waals surface area (Å²) in [6.45, 7) is 9.06. The summed E-state index contributed by atoms with van der Waals surface area (Å²) < 4.78 is 27.5. The average Bonchev–Trinajstić information content (AvgIpc) is 2.79. The van der Waals surface area contributed by atoms with Crippen molar-refractivity contribution in [3.63, 3.8) is 0 Å². The second-order valence-corrected chi connectivity index (χ2v) is 10.4. The van der Waals surface area contributed by atoms with Crippen LogP contribution in [0.2, 0.25) is 0 Å². The van der Waals surface area contributed by atoms with Gasteiger partial charge in [-0.15, -0.1) is 0 Å². The summed E-state index contributed by atoms with van der Waals surface area (Å²) in [5, 5.41) is 2.86. The first-order valence-corrected chi connectivity index (χ1v) is 12.3. The van der Waals surface area contributed by atoms with Gasteiger partial charge < -0.3 is 5.32 Å². The molecule has 1 saturated heterocycles. The Hall–Kier alpha value is -2.55. The van der Waals surface area contributed by atoms with Crippen molar-refractivity contribution in [3.8, 4) is 0 Å². The summed E-state index contributed by atoms with van der Waals surface area (Å²) in [5.41, 5.74) is 2.31. The summed E-state index contributed by atoms with van der Waals surface area (Å²) >= 11 is 0. The molecule has 0 aliphatic carbocycles. The first-order valence-electron chi connectivity index (χ1n) is 10.9. The molecule has 0 bridgehead atoms. The van der Waals surface area contributed by atoms with Gasteiger partial charge >= 0.3 is 0 Å². The molecule has 8 heteroatoms. The Kier molecular flexibility index (Phi) is 7.48. The zero-order valence-electron chi connectivity index (χ0n) is 19.0. The van der Waals surface area contributed by atoms with Crippen LogP contribution in [0.4, 0.5) is 5.69 Å². The molecule has 2 aromatic carbocycles. The van der Waals surface area contributed by atoms with Crippen molar-refractivity contribution in [3.05, 3.63) is 59.7 Å². The minimum atomic E-state index is -3.55. The third kappa shape index (κ3) is 5.43. The maximum Gasteiger partial charge on any atom is 0.243 e. The number of rotatable bonds is 7. The van der Waals surface area contributed by atoms with Gasteiger partial charge in [0.25, 0.3) is 0 Å². The number of Topliss-reactive ketones (excluding diaryl/α,β-unsaturated/α-hetero) is 1. The predicted octanol–water partition coefficient (Wildman–Crippen LogP) is 3.35. The molecule has 1 N–H and O–H groups in total. The summed E-state index contributed by atoms with van der Waals surface area (Å²) in [7, 11) is -3.55. The number of sulfonamides is 1. The fourth-order valence-corrected chi connectivity index (χ4v) is 5.13. The number of hydrogen-bond donors (Lipinski definition) is 1. The van der Waals surface area contributed by atoms with E-state index in [2.05, 4.69) is 19.2 Å². The number of carbonyl (C=O) groups excluding carboxylic acids is 2. The largest absolute Gasteiger partial charge is 0.325 e. The van der Waals surface area contributed by atoms with Crippen molar-refractivity contribution in [2.45, 2.75) is 44.6 Å². The summed E-state index contributed by atoms with van der Waals surface area (Å²) in [4.78, 5) is 26.3. The predicted molar refractivity (Wildman–Crippen MR) is 125 cm³/mol. The van der Waals surface area contributed by atoms with E-state index in [1.165, 1.54) is 11.2 Å². The molecule has 1 atom stereocenters. The minimum absolute atomic E-state index is 0.0278. The van der Waals surface area contributed by atoms with Gasteiger partial charge in [-0.05, 0) is 61.7 Å². The third-order valence-corrected chi connectivity index (χ3v) is 7.86. The van der Waals surface area contributed by atoms with Crippen molar-refractivity contribution in [2.75, 3.05) is 31.5 Å². The van der Waals surface area contributed by atoms with Gasteiger partial charge in [-0.25, -0.2) is 8.42 Å². The number of hydrogen-bond acceptors (Lipinski definition) is 5. The lowest BCUT2D eigenvalue weighted by molar-refractivity contribution is -0.121. The van der Waals surface area contributed by atoms with Crippen LogP contribution in [-0.2, 0) is 14.8 Å². The molecule has 0 aromatic heterocycles. The Labute approximate surface area is 190 Å². The molecule has 0 unspecified atom stereocenters. The lowest BCUT2D eigenvalue weighted by Crippen LogP contribution is -2.53. The Morgan fingerprint density at radius 3 is 1.94 bits per heavy atom. The summed E-state index contributed by atoms with van der Waals surface area (Å²) in [5.74, 6) is 0.149. The lowest BCUT2D eigenvalue weighted by Gasteiger charge is -2.36. The minimum Gasteiger partial charge on any atom is -0.325 e.